The van der Waals surface area contributed by atoms with E-state index in [0.29, 0.717) is 10.4 Å². The molecule has 0 saturated heterocycles. The second-order valence-electron chi connectivity index (χ2n) is 5.33. The maximum Gasteiger partial charge on any atom is 0.244 e. The van der Waals surface area contributed by atoms with E-state index in [9.17, 15) is 8.42 Å². The van der Waals surface area contributed by atoms with Crippen LogP contribution in [0.25, 0.3) is 0 Å². The van der Waals surface area contributed by atoms with Gasteiger partial charge in [-0.15, -0.1) is 0 Å². The molecule has 0 aromatic carbocycles. The second-order valence-corrected chi connectivity index (χ2v) is 7.92. The van der Waals surface area contributed by atoms with Crippen LogP contribution in [0.1, 0.15) is 39.0 Å². The van der Waals surface area contributed by atoms with Crippen LogP contribution in [-0.2, 0) is 10.0 Å². The first-order chi connectivity index (χ1) is 9.97. The summed E-state index contributed by atoms with van der Waals surface area (Å²) in [4.78, 5) is 4.06. The molecule has 2 atom stereocenters. The maximum atomic E-state index is 12.6. The Morgan fingerprint density at radius 3 is 2.81 bits per heavy atom. The molecule has 4 N–H and O–H groups in total. The number of hydrazine groups is 1. The van der Waals surface area contributed by atoms with Crippen molar-refractivity contribution in [2.75, 3.05) is 5.43 Å². The molecule has 0 amide bonds. The van der Waals surface area contributed by atoms with Crippen LogP contribution in [0.15, 0.2) is 21.6 Å². The molecular weight excluding hydrogens is 356 g/mol. The summed E-state index contributed by atoms with van der Waals surface area (Å²) >= 11 is 3.25. The van der Waals surface area contributed by atoms with Crippen LogP contribution in [0.4, 0.5) is 5.82 Å². The molecule has 2 rings (SSSR count). The Labute approximate surface area is 134 Å². The summed E-state index contributed by atoms with van der Waals surface area (Å²) in [7, 11) is -3.65. The van der Waals surface area contributed by atoms with Gasteiger partial charge in [-0.2, -0.15) is 0 Å². The van der Waals surface area contributed by atoms with Crippen molar-refractivity contribution in [3.05, 3.63) is 16.7 Å². The van der Waals surface area contributed by atoms with Crippen molar-refractivity contribution < 1.29 is 8.42 Å². The van der Waals surface area contributed by atoms with Gasteiger partial charge in [0.15, 0.2) is 5.82 Å². The van der Waals surface area contributed by atoms with Crippen molar-refractivity contribution in [1.29, 1.82) is 0 Å². The molecule has 118 valence electrons. The zero-order valence-electron chi connectivity index (χ0n) is 12.0. The van der Waals surface area contributed by atoms with Gasteiger partial charge >= 0.3 is 0 Å². The summed E-state index contributed by atoms with van der Waals surface area (Å²) in [6.07, 6.45) is 6.66. The molecule has 0 radical (unpaired) electrons. The molecule has 1 aliphatic rings. The minimum absolute atomic E-state index is 0.0154. The fourth-order valence-electron chi connectivity index (χ4n) is 2.85. The first-order valence-electron chi connectivity index (χ1n) is 7.12. The number of halogens is 1. The van der Waals surface area contributed by atoms with Gasteiger partial charge in [0.25, 0.3) is 0 Å². The van der Waals surface area contributed by atoms with E-state index in [1.807, 2.05) is 0 Å². The molecule has 0 spiro atoms. The zero-order valence-corrected chi connectivity index (χ0v) is 14.4. The zero-order chi connectivity index (χ0) is 15.5. The predicted octanol–water partition coefficient (Wildman–Crippen LogP) is 2.38. The number of sulfonamides is 1. The molecule has 6 nitrogen and oxygen atoms in total. The summed E-state index contributed by atoms with van der Waals surface area (Å²) in [6.45, 7) is 2.10. The highest BCUT2D eigenvalue weighted by Crippen LogP contribution is 2.29. The van der Waals surface area contributed by atoms with Gasteiger partial charge in [-0.1, -0.05) is 26.2 Å². The lowest BCUT2D eigenvalue weighted by molar-refractivity contribution is 0.282. The number of nitrogens with two attached hydrogens (primary N) is 1. The minimum atomic E-state index is -3.65. The molecule has 1 saturated carbocycles. The van der Waals surface area contributed by atoms with E-state index < -0.39 is 10.0 Å². The van der Waals surface area contributed by atoms with Crippen molar-refractivity contribution in [2.45, 2.75) is 50.0 Å². The molecule has 0 bridgehead atoms. The van der Waals surface area contributed by atoms with Gasteiger partial charge in [-0.25, -0.2) is 24.0 Å². The highest BCUT2D eigenvalue weighted by Gasteiger charge is 2.30. The third-order valence-electron chi connectivity index (χ3n) is 3.99. The van der Waals surface area contributed by atoms with Gasteiger partial charge < -0.3 is 5.43 Å². The first kappa shape index (κ1) is 16.7. The highest BCUT2D eigenvalue weighted by molar-refractivity contribution is 9.10. The van der Waals surface area contributed by atoms with Crippen LogP contribution in [-0.4, -0.2) is 19.4 Å². The van der Waals surface area contributed by atoms with Crippen LogP contribution in [0, 0.1) is 5.92 Å². The Morgan fingerprint density at radius 2 is 2.14 bits per heavy atom. The van der Waals surface area contributed by atoms with Crippen molar-refractivity contribution in [2.24, 2.45) is 11.8 Å². The van der Waals surface area contributed by atoms with E-state index in [2.05, 4.69) is 38.0 Å². The third-order valence-corrected chi connectivity index (χ3v) is 5.92. The van der Waals surface area contributed by atoms with Crippen LogP contribution in [0.5, 0.6) is 0 Å². The molecule has 8 heteroatoms. The van der Waals surface area contributed by atoms with E-state index in [1.165, 1.54) is 18.7 Å². The third kappa shape index (κ3) is 3.94. The van der Waals surface area contributed by atoms with Gasteiger partial charge in [-0.3, -0.25) is 0 Å². The van der Waals surface area contributed by atoms with Gasteiger partial charge in [0.2, 0.25) is 10.0 Å². The second kappa shape index (κ2) is 7.04. The summed E-state index contributed by atoms with van der Waals surface area (Å²) in [5.74, 6) is 5.90. The number of nitrogens with one attached hydrogen (secondary N) is 2. The van der Waals surface area contributed by atoms with E-state index in [0.717, 1.165) is 25.7 Å². The van der Waals surface area contributed by atoms with Gasteiger partial charge in [0.1, 0.15) is 4.90 Å². The van der Waals surface area contributed by atoms with Crippen molar-refractivity contribution in [3.63, 3.8) is 0 Å². The average Bonchev–Trinajstić information content (AvgIpc) is 2.47. The van der Waals surface area contributed by atoms with E-state index in [1.54, 1.807) is 0 Å². The predicted molar refractivity (Wildman–Crippen MR) is 86.1 cm³/mol. The molecular formula is C13H21BrN4O2S. The molecule has 1 aromatic rings. The largest absolute Gasteiger partial charge is 0.307 e. The molecule has 1 aliphatic carbocycles. The van der Waals surface area contributed by atoms with Crippen LogP contribution in [0.2, 0.25) is 0 Å². The molecule has 1 fully saturated rings. The molecule has 1 aromatic heterocycles. The Bertz CT molecular complexity index is 594. The maximum absolute atomic E-state index is 12.6. The summed E-state index contributed by atoms with van der Waals surface area (Å²) in [5.41, 5.74) is 2.34. The lowest BCUT2D eigenvalue weighted by Crippen LogP contribution is -2.42. The quantitative estimate of drug-likeness (QED) is 0.541. The van der Waals surface area contributed by atoms with Crippen LogP contribution >= 0.6 is 15.9 Å². The van der Waals surface area contributed by atoms with E-state index in [4.69, 9.17) is 5.84 Å². The smallest absolute Gasteiger partial charge is 0.244 e. The normalized spacial score (nSPS) is 23.0. The fourth-order valence-corrected chi connectivity index (χ4v) is 4.82. The number of aromatic nitrogens is 1. The number of hydrogen-bond acceptors (Lipinski definition) is 5. The van der Waals surface area contributed by atoms with Crippen molar-refractivity contribution in [3.8, 4) is 0 Å². The standard InChI is InChI=1S/C13H21BrN4O2S/c1-2-9-5-3-4-6-11(9)18-21(19,20)12-7-10(14)8-16-13(12)17-15/h7-9,11,18H,2-6,15H2,1H3,(H,16,17). The van der Waals surface area contributed by atoms with Gasteiger partial charge in [0.05, 0.1) is 0 Å². The number of hydrogen-bond donors (Lipinski definition) is 3. The number of nitrogens with zero attached hydrogens (tertiary/aromatic N) is 1. The highest BCUT2D eigenvalue weighted by atomic mass is 79.9. The Balaban J connectivity index is 2.27. The lowest BCUT2D eigenvalue weighted by Gasteiger charge is -2.31. The molecule has 2 unspecified atom stereocenters. The molecule has 1 heterocycles. The number of rotatable bonds is 5. The number of anilines is 1. The topological polar surface area (TPSA) is 97.1 Å². The fraction of sp³-hybridized carbons (Fsp3) is 0.615. The summed E-state index contributed by atoms with van der Waals surface area (Å²) in [5, 5.41) is 0. The number of pyridine rings is 1. The van der Waals surface area contributed by atoms with Crippen molar-refractivity contribution >= 4 is 31.8 Å². The minimum Gasteiger partial charge on any atom is -0.307 e. The Kier molecular flexibility index (Phi) is 5.59. The summed E-state index contributed by atoms with van der Waals surface area (Å²) in [6, 6.07) is 1.49. The van der Waals surface area contributed by atoms with Crippen LogP contribution in [0.3, 0.4) is 0 Å². The average molecular weight is 377 g/mol. The van der Waals surface area contributed by atoms with E-state index in [-0.39, 0.29) is 16.8 Å². The molecule has 21 heavy (non-hydrogen) atoms. The SMILES string of the molecule is CCC1CCCCC1NS(=O)(=O)c1cc(Br)cnc1NN. The molecule has 0 aliphatic heterocycles. The van der Waals surface area contributed by atoms with Gasteiger partial charge in [-0.05, 0) is 40.8 Å². The Hall–Kier alpha value is -0.700. The summed E-state index contributed by atoms with van der Waals surface area (Å²) < 4.78 is 28.7. The Morgan fingerprint density at radius 1 is 1.43 bits per heavy atom. The number of nitrogen functional groups attached to an aromatic ring is 1. The van der Waals surface area contributed by atoms with Crippen LogP contribution < -0.4 is 16.0 Å². The lowest BCUT2D eigenvalue weighted by atomic mass is 9.83. The van der Waals surface area contributed by atoms with E-state index >= 15 is 0 Å². The first-order valence-corrected chi connectivity index (χ1v) is 9.40. The van der Waals surface area contributed by atoms with Gasteiger partial charge in [0, 0.05) is 16.7 Å². The monoisotopic (exact) mass is 376 g/mol. The van der Waals surface area contributed by atoms with Crippen molar-refractivity contribution in [1.82, 2.24) is 9.71 Å².